The van der Waals surface area contributed by atoms with Gasteiger partial charge < -0.3 is 14.8 Å². The number of amides is 1. The van der Waals surface area contributed by atoms with E-state index in [0.29, 0.717) is 27.8 Å². The Labute approximate surface area is 190 Å². The van der Waals surface area contributed by atoms with Crippen molar-refractivity contribution in [3.8, 4) is 28.6 Å². The molecule has 4 rings (SSSR count). The Hall–Kier alpha value is -3.90. The van der Waals surface area contributed by atoms with Crippen molar-refractivity contribution in [2.45, 2.75) is 6.92 Å². The van der Waals surface area contributed by atoms with Crippen molar-refractivity contribution in [2.24, 2.45) is 0 Å². The van der Waals surface area contributed by atoms with Gasteiger partial charge in [-0.2, -0.15) is 0 Å². The van der Waals surface area contributed by atoms with Crippen LogP contribution in [0.25, 0.3) is 11.1 Å². The zero-order valence-electron chi connectivity index (χ0n) is 17.5. The van der Waals surface area contributed by atoms with E-state index < -0.39 is 0 Å². The molecule has 0 unspecified atom stereocenters. The monoisotopic (exact) mass is 445 g/mol. The highest BCUT2D eigenvalue weighted by Crippen LogP contribution is 2.25. The molecule has 4 aromatic rings. The minimum absolute atomic E-state index is 0.213. The Morgan fingerprint density at radius 1 is 0.906 bits per heavy atom. The molecule has 3 aromatic carbocycles. The van der Waals surface area contributed by atoms with Crippen LogP contribution in [0.5, 0.6) is 17.5 Å². The molecule has 32 heavy (non-hydrogen) atoms. The fourth-order valence-electron chi connectivity index (χ4n) is 2.98. The highest BCUT2D eigenvalue weighted by molar-refractivity contribution is 6.31. The number of nitrogens with one attached hydrogen (secondary N) is 1. The lowest BCUT2D eigenvalue weighted by molar-refractivity contribution is 0.102. The van der Waals surface area contributed by atoms with Crippen molar-refractivity contribution in [2.75, 3.05) is 12.4 Å². The largest absolute Gasteiger partial charge is 0.497 e. The minimum Gasteiger partial charge on any atom is -0.497 e. The molecular weight excluding hydrogens is 426 g/mol. The average Bonchev–Trinajstić information content (AvgIpc) is 2.82. The second kappa shape index (κ2) is 9.49. The predicted molar refractivity (Wildman–Crippen MR) is 125 cm³/mol. The molecule has 0 saturated carbocycles. The van der Waals surface area contributed by atoms with Crippen LogP contribution in [0.1, 0.15) is 15.9 Å². The molecule has 0 saturated heterocycles. The Kier molecular flexibility index (Phi) is 6.33. The van der Waals surface area contributed by atoms with Crippen LogP contribution in [0.15, 0.2) is 79.1 Å². The second-order valence-electron chi connectivity index (χ2n) is 7.03. The summed E-state index contributed by atoms with van der Waals surface area (Å²) in [6.07, 6.45) is 3.35. The standard InChI is InChI=1S/C25H20ClN3O3/c1-16-6-11-20(12-23(16)26)29-24(30)18-9-7-17(8-10-18)19-14-27-25(28-15-19)32-22-5-3-4-21(13-22)31-2/h3-15H,1-2H3,(H,29,30). The first-order valence-electron chi connectivity index (χ1n) is 9.84. The van der Waals surface area contributed by atoms with E-state index in [1.165, 1.54) is 0 Å². The van der Waals surface area contributed by atoms with Crippen molar-refractivity contribution in [3.63, 3.8) is 0 Å². The van der Waals surface area contributed by atoms with Crippen LogP contribution in [0.4, 0.5) is 5.69 Å². The summed E-state index contributed by atoms with van der Waals surface area (Å²) >= 11 is 6.12. The first-order chi connectivity index (χ1) is 15.5. The summed E-state index contributed by atoms with van der Waals surface area (Å²) in [7, 11) is 1.59. The number of anilines is 1. The quantitative estimate of drug-likeness (QED) is 0.385. The third-order valence-corrected chi connectivity index (χ3v) is 5.20. The number of halogens is 1. The van der Waals surface area contributed by atoms with E-state index in [0.717, 1.165) is 16.7 Å². The van der Waals surface area contributed by atoms with E-state index in [1.807, 2.05) is 43.3 Å². The number of hydrogen-bond acceptors (Lipinski definition) is 5. The summed E-state index contributed by atoms with van der Waals surface area (Å²) in [4.78, 5) is 21.1. The first-order valence-corrected chi connectivity index (χ1v) is 10.2. The molecule has 0 aliphatic carbocycles. The molecule has 1 N–H and O–H groups in total. The van der Waals surface area contributed by atoms with Gasteiger partial charge in [0.25, 0.3) is 5.91 Å². The summed E-state index contributed by atoms with van der Waals surface area (Å²) in [6.45, 7) is 1.91. The first kappa shape index (κ1) is 21.3. The van der Waals surface area contributed by atoms with E-state index in [4.69, 9.17) is 21.1 Å². The smallest absolute Gasteiger partial charge is 0.321 e. The van der Waals surface area contributed by atoms with E-state index in [2.05, 4.69) is 15.3 Å². The third kappa shape index (κ3) is 5.04. The maximum Gasteiger partial charge on any atom is 0.321 e. The molecule has 1 amide bonds. The number of hydrogen-bond donors (Lipinski definition) is 1. The number of carbonyl (C=O) groups is 1. The minimum atomic E-state index is -0.213. The van der Waals surface area contributed by atoms with Gasteiger partial charge in [-0.3, -0.25) is 4.79 Å². The van der Waals surface area contributed by atoms with Gasteiger partial charge in [-0.1, -0.05) is 35.9 Å². The van der Waals surface area contributed by atoms with Crippen LogP contribution in [-0.2, 0) is 0 Å². The van der Waals surface area contributed by atoms with Crippen LogP contribution in [0.2, 0.25) is 5.02 Å². The highest BCUT2D eigenvalue weighted by Gasteiger charge is 2.09. The van der Waals surface area contributed by atoms with Gasteiger partial charge in [0.15, 0.2) is 0 Å². The van der Waals surface area contributed by atoms with Gasteiger partial charge in [-0.15, -0.1) is 0 Å². The molecule has 6 nitrogen and oxygen atoms in total. The Morgan fingerprint density at radius 3 is 2.31 bits per heavy atom. The van der Waals surface area contributed by atoms with Crippen LogP contribution < -0.4 is 14.8 Å². The van der Waals surface area contributed by atoms with Gasteiger partial charge in [0.05, 0.1) is 7.11 Å². The van der Waals surface area contributed by atoms with Crippen molar-refractivity contribution in [1.82, 2.24) is 9.97 Å². The number of methoxy groups -OCH3 is 1. The number of aryl methyl sites for hydroxylation is 1. The number of nitrogens with zero attached hydrogens (tertiary/aromatic N) is 2. The Bertz CT molecular complexity index is 1240. The lowest BCUT2D eigenvalue weighted by atomic mass is 10.1. The van der Waals surface area contributed by atoms with Crippen molar-refractivity contribution < 1.29 is 14.3 Å². The van der Waals surface area contributed by atoms with Crippen LogP contribution in [-0.4, -0.2) is 23.0 Å². The van der Waals surface area contributed by atoms with Crippen LogP contribution in [0, 0.1) is 6.92 Å². The van der Waals surface area contributed by atoms with Crippen molar-refractivity contribution in [1.29, 1.82) is 0 Å². The van der Waals surface area contributed by atoms with E-state index in [9.17, 15) is 4.79 Å². The lowest BCUT2D eigenvalue weighted by Gasteiger charge is -2.08. The van der Waals surface area contributed by atoms with Crippen molar-refractivity contribution in [3.05, 3.63) is 95.3 Å². The zero-order valence-corrected chi connectivity index (χ0v) is 18.3. The third-order valence-electron chi connectivity index (χ3n) is 4.79. The lowest BCUT2D eigenvalue weighted by Crippen LogP contribution is -2.11. The molecule has 0 aliphatic heterocycles. The number of ether oxygens (including phenoxy) is 2. The molecule has 0 bridgehead atoms. The molecule has 1 heterocycles. The number of rotatable bonds is 6. The summed E-state index contributed by atoms with van der Waals surface area (Å²) in [5.74, 6) is 1.06. The average molecular weight is 446 g/mol. The number of aromatic nitrogens is 2. The Morgan fingerprint density at radius 2 is 1.62 bits per heavy atom. The fourth-order valence-corrected chi connectivity index (χ4v) is 3.16. The van der Waals surface area contributed by atoms with Crippen LogP contribution >= 0.6 is 11.6 Å². The maximum absolute atomic E-state index is 12.5. The topological polar surface area (TPSA) is 73.3 Å². The number of benzene rings is 3. The summed E-state index contributed by atoms with van der Waals surface area (Å²) < 4.78 is 10.9. The molecular formula is C25H20ClN3O3. The molecule has 0 fully saturated rings. The van der Waals surface area contributed by atoms with Gasteiger partial charge in [0.2, 0.25) is 0 Å². The van der Waals surface area contributed by atoms with Gasteiger partial charge in [-0.05, 0) is 54.4 Å². The summed E-state index contributed by atoms with van der Waals surface area (Å²) in [5.41, 5.74) is 3.82. The summed E-state index contributed by atoms with van der Waals surface area (Å²) in [5, 5.41) is 3.46. The second-order valence-corrected chi connectivity index (χ2v) is 7.44. The molecule has 1 aromatic heterocycles. The SMILES string of the molecule is COc1cccc(Oc2ncc(-c3ccc(C(=O)Nc4ccc(C)c(Cl)c4)cc3)cn2)c1. The van der Waals surface area contributed by atoms with E-state index in [1.54, 1.807) is 49.8 Å². The van der Waals surface area contributed by atoms with Gasteiger partial charge in [0.1, 0.15) is 11.5 Å². The van der Waals surface area contributed by atoms with E-state index in [-0.39, 0.29) is 11.9 Å². The predicted octanol–water partition coefficient (Wildman–Crippen LogP) is 6.16. The zero-order chi connectivity index (χ0) is 22.5. The molecule has 0 radical (unpaired) electrons. The normalized spacial score (nSPS) is 10.5. The molecule has 7 heteroatoms. The number of carbonyl (C=O) groups excluding carboxylic acids is 1. The molecule has 0 atom stereocenters. The van der Waals surface area contributed by atoms with Gasteiger partial charge >= 0.3 is 6.01 Å². The molecule has 0 spiro atoms. The van der Waals surface area contributed by atoms with Crippen molar-refractivity contribution >= 4 is 23.2 Å². The maximum atomic E-state index is 12.5. The van der Waals surface area contributed by atoms with E-state index >= 15 is 0 Å². The fraction of sp³-hybridized carbons (Fsp3) is 0.0800. The molecule has 0 aliphatic rings. The van der Waals surface area contributed by atoms with Gasteiger partial charge in [-0.25, -0.2) is 9.97 Å². The van der Waals surface area contributed by atoms with Gasteiger partial charge in [0, 0.05) is 40.3 Å². The Balaban J connectivity index is 1.43. The molecule has 160 valence electrons. The van der Waals surface area contributed by atoms with Crippen LogP contribution in [0.3, 0.4) is 0 Å². The highest BCUT2D eigenvalue weighted by atomic mass is 35.5. The summed E-state index contributed by atoms with van der Waals surface area (Å²) in [6, 6.07) is 20.1.